The maximum Gasteiger partial charge on any atom is 0.243 e. The summed E-state index contributed by atoms with van der Waals surface area (Å²) in [6.45, 7) is 4.75. The summed E-state index contributed by atoms with van der Waals surface area (Å²) in [5.74, 6) is -0.394. The van der Waals surface area contributed by atoms with Gasteiger partial charge in [0.05, 0.1) is 4.90 Å². The van der Waals surface area contributed by atoms with Crippen molar-refractivity contribution in [2.45, 2.75) is 31.6 Å². The molecule has 160 valence electrons. The van der Waals surface area contributed by atoms with E-state index in [-0.39, 0.29) is 37.7 Å². The molecule has 0 spiro atoms. The Morgan fingerprint density at radius 1 is 1.00 bits per heavy atom. The van der Waals surface area contributed by atoms with Crippen LogP contribution in [0.25, 0.3) is 0 Å². The van der Waals surface area contributed by atoms with Crippen LogP contribution in [0.15, 0.2) is 47.6 Å². The molecule has 1 aromatic heterocycles. The Labute approximate surface area is 177 Å². The van der Waals surface area contributed by atoms with Gasteiger partial charge in [0.15, 0.2) is 0 Å². The third kappa shape index (κ3) is 5.22. The lowest BCUT2D eigenvalue weighted by Crippen LogP contribution is -2.50. The number of amides is 2. The van der Waals surface area contributed by atoms with Crippen molar-refractivity contribution < 1.29 is 18.0 Å². The van der Waals surface area contributed by atoms with Crippen LogP contribution in [0.3, 0.4) is 0 Å². The number of nitrogens with zero attached hydrogens (tertiary/aromatic N) is 3. The molecule has 3 rings (SSSR count). The first-order valence-corrected chi connectivity index (χ1v) is 11.3. The highest BCUT2D eigenvalue weighted by Gasteiger charge is 2.31. The molecule has 1 N–H and O–H groups in total. The van der Waals surface area contributed by atoms with Gasteiger partial charge in [-0.15, -0.1) is 0 Å². The first kappa shape index (κ1) is 21.9. The van der Waals surface area contributed by atoms with Gasteiger partial charge in [-0.05, 0) is 43.2 Å². The number of carbonyl (C=O) groups excluding carboxylic acids is 2. The molecule has 1 saturated heterocycles. The van der Waals surface area contributed by atoms with Crippen molar-refractivity contribution in [3.63, 3.8) is 0 Å². The Bertz CT molecular complexity index is 1020. The lowest BCUT2D eigenvalue weighted by Gasteiger charge is -2.34. The molecule has 1 fully saturated rings. The maximum atomic E-state index is 13.0. The second-order valence-electron chi connectivity index (χ2n) is 7.34. The van der Waals surface area contributed by atoms with Gasteiger partial charge in [-0.1, -0.05) is 12.1 Å². The molecule has 1 aliphatic rings. The van der Waals surface area contributed by atoms with Crippen molar-refractivity contribution in [1.82, 2.24) is 14.2 Å². The van der Waals surface area contributed by atoms with Gasteiger partial charge in [-0.2, -0.15) is 4.31 Å². The number of hydrogen-bond donors (Lipinski definition) is 1. The molecule has 0 bridgehead atoms. The van der Waals surface area contributed by atoms with Gasteiger partial charge in [0.25, 0.3) is 0 Å². The molecule has 2 heterocycles. The van der Waals surface area contributed by atoms with E-state index in [1.54, 1.807) is 48.5 Å². The van der Waals surface area contributed by atoms with Crippen molar-refractivity contribution in [3.8, 4) is 0 Å². The minimum atomic E-state index is -3.60. The molecule has 2 amide bonds. The number of piperazine rings is 1. The SMILES string of the molecule is Cc1ccc(C)c(S(=O)(=O)N2CCN(C(=O)CCC(=O)Nc3ccncc3)CC2)c1. The molecule has 1 aliphatic heterocycles. The average Bonchev–Trinajstić information content (AvgIpc) is 2.74. The molecule has 2 aromatic rings. The van der Waals surface area contributed by atoms with Crippen LogP contribution in [-0.2, 0) is 19.6 Å². The fourth-order valence-electron chi connectivity index (χ4n) is 3.34. The molecule has 0 atom stereocenters. The molecule has 8 nitrogen and oxygen atoms in total. The first-order chi connectivity index (χ1) is 14.3. The zero-order valence-corrected chi connectivity index (χ0v) is 18.0. The van der Waals surface area contributed by atoms with Crippen molar-refractivity contribution in [1.29, 1.82) is 0 Å². The molecule has 1 aromatic carbocycles. The fraction of sp³-hybridized carbons (Fsp3) is 0.381. The number of pyridine rings is 1. The lowest BCUT2D eigenvalue weighted by atomic mass is 10.2. The molecule has 0 saturated carbocycles. The highest BCUT2D eigenvalue weighted by atomic mass is 32.2. The highest BCUT2D eigenvalue weighted by molar-refractivity contribution is 7.89. The topological polar surface area (TPSA) is 99.7 Å². The van der Waals surface area contributed by atoms with Crippen LogP contribution >= 0.6 is 0 Å². The Hall–Kier alpha value is -2.78. The van der Waals surface area contributed by atoms with Crippen LogP contribution in [0.5, 0.6) is 0 Å². The maximum absolute atomic E-state index is 13.0. The second kappa shape index (κ2) is 9.36. The molecule has 30 heavy (non-hydrogen) atoms. The van der Waals surface area contributed by atoms with Crippen molar-refractivity contribution in [2.75, 3.05) is 31.5 Å². The third-order valence-electron chi connectivity index (χ3n) is 5.08. The zero-order valence-electron chi connectivity index (χ0n) is 17.2. The number of aryl methyl sites for hydroxylation is 2. The summed E-state index contributed by atoms with van der Waals surface area (Å²) in [6, 6.07) is 8.73. The van der Waals surface area contributed by atoms with Crippen LogP contribution in [-0.4, -0.2) is 60.6 Å². The third-order valence-corrected chi connectivity index (χ3v) is 7.12. The summed E-state index contributed by atoms with van der Waals surface area (Å²) in [4.78, 5) is 30.3. The van der Waals surface area contributed by atoms with Gasteiger partial charge in [-0.25, -0.2) is 8.42 Å². The predicted octanol–water partition coefficient (Wildman–Crippen LogP) is 1.95. The van der Waals surface area contributed by atoms with E-state index in [0.717, 1.165) is 5.56 Å². The van der Waals surface area contributed by atoms with Crippen molar-refractivity contribution in [3.05, 3.63) is 53.9 Å². The molecule has 0 aliphatic carbocycles. The van der Waals surface area contributed by atoms with Gasteiger partial charge in [-0.3, -0.25) is 14.6 Å². The number of nitrogens with one attached hydrogen (secondary N) is 1. The van der Waals surface area contributed by atoms with Crippen LogP contribution in [0, 0.1) is 13.8 Å². The van der Waals surface area contributed by atoms with Crippen LogP contribution in [0.1, 0.15) is 24.0 Å². The van der Waals surface area contributed by atoms with Gasteiger partial charge >= 0.3 is 0 Å². The largest absolute Gasteiger partial charge is 0.340 e. The van der Waals surface area contributed by atoms with E-state index in [0.29, 0.717) is 29.2 Å². The Balaban J connectivity index is 1.51. The van der Waals surface area contributed by atoms with Crippen molar-refractivity contribution >= 4 is 27.5 Å². The van der Waals surface area contributed by atoms with Gasteiger partial charge < -0.3 is 10.2 Å². The van der Waals surface area contributed by atoms with Crippen molar-refractivity contribution in [2.24, 2.45) is 0 Å². The number of rotatable bonds is 6. The van der Waals surface area contributed by atoms with Crippen LogP contribution < -0.4 is 5.32 Å². The minimum absolute atomic E-state index is 0.0716. The van der Waals surface area contributed by atoms with E-state index in [1.807, 2.05) is 13.0 Å². The zero-order chi connectivity index (χ0) is 21.7. The summed E-state index contributed by atoms with van der Waals surface area (Å²) in [6.07, 6.45) is 3.31. The van der Waals surface area contributed by atoms with Gasteiger partial charge in [0, 0.05) is 57.1 Å². The standard InChI is InChI=1S/C21H26N4O4S/c1-16-3-4-17(2)19(15-16)30(28,29)25-13-11-24(12-14-25)21(27)6-5-20(26)23-18-7-9-22-10-8-18/h3-4,7-10,15H,5-6,11-14H2,1-2H3,(H,22,23,26). The predicted molar refractivity (Wildman–Crippen MR) is 113 cm³/mol. The van der Waals surface area contributed by atoms with E-state index >= 15 is 0 Å². The number of aromatic nitrogens is 1. The fourth-order valence-corrected chi connectivity index (χ4v) is 5.07. The van der Waals surface area contributed by atoms with Gasteiger partial charge in [0.2, 0.25) is 21.8 Å². The summed E-state index contributed by atoms with van der Waals surface area (Å²) >= 11 is 0. The summed E-state index contributed by atoms with van der Waals surface area (Å²) < 4.78 is 27.4. The number of carbonyl (C=O) groups is 2. The van der Waals surface area contributed by atoms with E-state index in [1.165, 1.54) is 4.31 Å². The van der Waals surface area contributed by atoms with Crippen LogP contribution in [0.4, 0.5) is 5.69 Å². The quantitative estimate of drug-likeness (QED) is 0.755. The lowest BCUT2D eigenvalue weighted by molar-refractivity contribution is -0.133. The summed E-state index contributed by atoms with van der Waals surface area (Å²) in [5.41, 5.74) is 2.23. The summed E-state index contributed by atoms with van der Waals surface area (Å²) in [7, 11) is -3.60. The highest BCUT2D eigenvalue weighted by Crippen LogP contribution is 2.22. The van der Waals surface area contributed by atoms with E-state index in [9.17, 15) is 18.0 Å². The second-order valence-corrected chi connectivity index (χ2v) is 9.24. The molecule has 0 unspecified atom stereocenters. The number of benzene rings is 1. The Morgan fingerprint density at radius 3 is 2.33 bits per heavy atom. The van der Waals surface area contributed by atoms with E-state index < -0.39 is 10.0 Å². The number of anilines is 1. The number of hydrogen-bond acceptors (Lipinski definition) is 5. The monoisotopic (exact) mass is 430 g/mol. The molecule has 0 radical (unpaired) electrons. The number of sulfonamides is 1. The minimum Gasteiger partial charge on any atom is -0.340 e. The van der Waals surface area contributed by atoms with Crippen LogP contribution in [0.2, 0.25) is 0 Å². The molecular weight excluding hydrogens is 404 g/mol. The Kier molecular flexibility index (Phi) is 6.84. The van der Waals surface area contributed by atoms with E-state index in [4.69, 9.17) is 0 Å². The van der Waals surface area contributed by atoms with Gasteiger partial charge in [0.1, 0.15) is 0 Å². The average molecular weight is 431 g/mol. The Morgan fingerprint density at radius 2 is 1.67 bits per heavy atom. The van der Waals surface area contributed by atoms with E-state index in [2.05, 4.69) is 10.3 Å². The molecule has 9 heteroatoms. The normalized spacial score (nSPS) is 15.1. The summed E-state index contributed by atoms with van der Waals surface area (Å²) in [5, 5.41) is 2.72. The smallest absolute Gasteiger partial charge is 0.243 e. The molecular formula is C21H26N4O4S. The first-order valence-electron chi connectivity index (χ1n) is 9.82.